The summed E-state index contributed by atoms with van der Waals surface area (Å²) in [6.45, 7) is 1.21. The summed E-state index contributed by atoms with van der Waals surface area (Å²) in [5.41, 5.74) is -0.290. The second-order valence-corrected chi connectivity index (χ2v) is 4.46. The monoisotopic (exact) mass is 295 g/mol. The molecule has 1 unspecified atom stereocenters. The summed E-state index contributed by atoms with van der Waals surface area (Å²) in [5.74, 6) is -2.84. The number of carbonyl (C=O) groups is 4. The van der Waals surface area contributed by atoms with Crippen molar-refractivity contribution in [2.24, 2.45) is 0 Å². The molecule has 10 nitrogen and oxygen atoms in total. The van der Waals surface area contributed by atoms with Crippen LogP contribution in [0.25, 0.3) is 0 Å². The van der Waals surface area contributed by atoms with Crippen molar-refractivity contribution in [1.29, 1.82) is 0 Å². The van der Waals surface area contributed by atoms with Crippen LogP contribution in [0.4, 0.5) is 0 Å². The third-order valence-electron chi connectivity index (χ3n) is 3.02. The number of carbonyl (C=O) groups excluding carboxylic acids is 3. The van der Waals surface area contributed by atoms with E-state index in [1.807, 2.05) is 0 Å². The SMILES string of the molecule is CCC1C(=O)NC(=O)CN1C(=O)Cn1cc(C(=O)O)nn1. The molecule has 1 aliphatic heterocycles. The maximum atomic E-state index is 12.2. The first-order chi connectivity index (χ1) is 9.92. The van der Waals surface area contributed by atoms with Crippen LogP contribution in [0, 0.1) is 0 Å². The van der Waals surface area contributed by atoms with Crippen molar-refractivity contribution in [3.8, 4) is 0 Å². The van der Waals surface area contributed by atoms with Gasteiger partial charge in [-0.05, 0) is 6.42 Å². The Bertz CT molecular complexity index is 610. The van der Waals surface area contributed by atoms with Gasteiger partial charge in [0.05, 0.1) is 6.20 Å². The Hall–Kier alpha value is -2.78. The number of hydrogen-bond donors (Lipinski definition) is 2. The van der Waals surface area contributed by atoms with E-state index in [2.05, 4.69) is 15.6 Å². The molecule has 2 N–H and O–H groups in total. The Morgan fingerprint density at radius 3 is 2.76 bits per heavy atom. The minimum atomic E-state index is -1.26. The number of nitrogens with one attached hydrogen (secondary N) is 1. The fourth-order valence-electron chi connectivity index (χ4n) is 2.04. The number of nitrogens with zero attached hydrogens (tertiary/aromatic N) is 4. The normalized spacial score (nSPS) is 18.5. The van der Waals surface area contributed by atoms with E-state index in [0.29, 0.717) is 6.42 Å². The molecule has 0 saturated carbocycles. The number of aromatic nitrogens is 3. The largest absolute Gasteiger partial charge is 0.476 e. The van der Waals surface area contributed by atoms with E-state index in [1.54, 1.807) is 6.92 Å². The molecule has 1 fully saturated rings. The molecule has 2 heterocycles. The highest BCUT2D eigenvalue weighted by Gasteiger charge is 2.35. The number of amides is 3. The Morgan fingerprint density at radius 1 is 1.48 bits per heavy atom. The van der Waals surface area contributed by atoms with Crippen LogP contribution in [0.15, 0.2) is 6.20 Å². The van der Waals surface area contributed by atoms with Gasteiger partial charge < -0.3 is 10.0 Å². The number of aromatic carboxylic acids is 1. The number of imide groups is 1. The van der Waals surface area contributed by atoms with Crippen LogP contribution in [0.5, 0.6) is 0 Å². The van der Waals surface area contributed by atoms with E-state index >= 15 is 0 Å². The van der Waals surface area contributed by atoms with Crippen molar-refractivity contribution in [2.45, 2.75) is 25.9 Å². The molecule has 0 bridgehead atoms. The average molecular weight is 295 g/mol. The van der Waals surface area contributed by atoms with Crippen LogP contribution in [0.3, 0.4) is 0 Å². The maximum Gasteiger partial charge on any atom is 0.358 e. The molecule has 1 aliphatic rings. The van der Waals surface area contributed by atoms with Crippen LogP contribution in [0.1, 0.15) is 23.8 Å². The van der Waals surface area contributed by atoms with Gasteiger partial charge >= 0.3 is 5.97 Å². The molecule has 0 spiro atoms. The fourth-order valence-corrected chi connectivity index (χ4v) is 2.04. The van der Waals surface area contributed by atoms with E-state index in [0.717, 1.165) is 15.8 Å². The molecule has 0 aliphatic carbocycles. The Kier molecular flexibility index (Phi) is 3.96. The lowest BCUT2D eigenvalue weighted by atomic mass is 10.1. The summed E-state index contributed by atoms with van der Waals surface area (Å²) in [6.07, 6.45) is 1.47. The minimum absolute atomic E-state index is 0.219. The smallest absolute Gasteiger partial charge is 0.358 e. The van der Waals surface area contributed by atoms with Crippen LogP contribution in [-0.2, 0) is 20.9 Å². The number of piperazine rings is 1. The van der Waals surface area contributed by atoms with Gasteiger partial charge in [-0.15, -0.1) is 5.10 Å². The summed E-state index contributed by atoms with van der Waals surface area (Å²) in [7, 11) is 0. The molecule has 1 aromatic rings. The van der Waals surface area contributed by atoms with Crippen LogP contribution < -0.4 is 5.32 Å². The van der Waals surface area contributed by atoms with Crippen molar-refractivity contribution in [3.63, 3.8) is 0 Å². The van der Waals surface area contributed by atoms with Crippen LogP contribution in [0.2, 0.25) is 0 Å². The van der Waals surface area contributed by atoms with Crippen LogP contribution >= 0.6 is 0 Å². The van der Waals surface area contributed by atoms with E-state index in [-0.39, 0.29) is 18.8 Å². The lowest BCUT2D eigenvalue weighted by Gasteiger charge is -2.33. The molecule has 3 amide bonds. The molecule has 21 heavy (non-hydrogen) atoms. The lowest BCUT2D eigenvalue weighted by molar-refractivity contribution is -0.150. The summed E-state index contributed by atoms with van der Waals surface area (Å²) in [5, 5.41) is 17.8. The Morgan fingerprint density at radius 2 is 2.19 bits per heavy atom. The summed E-state index contributed by atoms with van der Waals surface area (Å²) < 4.78 is 1.05. The number of carboxylic acids is 1. The molecular weight excluding hydrogens is 282 g/mol. The van der Waals surface area contributed by atoms with Gasteiger partial charge in [0.15, 0.2) is 5.69 Å². The minimum Gasteiger partial charge on any atom is -0.476 e. The van der Waals surface area contributed by atoms with Gasteiger partial charge in [0, 0.05) is 0 Å². The highest BCUT2D eigenvalue weighted by atomic mass is 16.4. The Balaban J connectivity index is 2.11. The molecule has 1 atom stereocenters. The highest BCUT2D eigenvalue weighted by Crippen LogP contribution is 2.10. The van der Waals surface area contributed by atoms with Crippen molar-refractivity contribution in [3.05, 3.63) is 11.9 Å². The molecule has 0 radical (unpaired) electrons. The topological polar surface area (TPSA) is 134 Å². The molecule has 0 aromatic carbocycles. The predicted molar refractivity (Wildman–Crippen MR) is 65.9 cm³/mol. The molecule has 1 saturated heterocycles. The lowest BCUT2D eigenvalue weighted by Crippen LogP contribution is -2.60. The average Bonchev–Trinajstić information content (AvgIpc) is 2.86. The zero-order valence-electron chi connectivity index (χ0n) is 11.1. The maximum absolute atomic E-state index is 12.2. The zero-order valence-corrected chi connectivity index (χ0v) is 11.1. The van der Waals surface area contributed by atoms with Gasteiger partial charge in [0.25, 0.3) is 0 Å². The molecule has 2 rings (SSSR count). The van der Waals surface area contributed by atoms with E-state index in [1.165, 1.54) is 0 Å². The van der Waals surface area contributed by atoms with Gasteiger partial charge in [-0.2, -0.15) is 0 Å². The Labute approximate surface area is 118 Å². The zero-order chi connectivity index (χ0) is 15.6. The summed E-state index contributed by atoms with van der Waals surface area (Å²) >= 11 is 0. The molecular formula is C11H13N5O5. The fraction of sp³-hybridized carbons (Fsp3) is 0.455. The number of carboxylic acid groups (broad SMARTS) is 1. The molecule has 10 heteroatoms. The van der Waals surface area contributed by atoms with Crippen molar-refractivity contribution in [2.75, 3.05) is 6.54 Å². The van der Waals surface area contributed by atoms with Gasteiger partial charge in [-0.1, -0.05) is 12.1 Å². The van der Waals surface area contributed by atoms with Gasteiger partial charge in [-0.25, -0.2) is 9.48 Å². The van der Waals surface area contributed by atoms with Crippen molar-refractivity contribution >= 4 is 23.7 Å². The van der Waals surface area contributed by atoms with Gasteiger partial charge in [0.2, 0.25) is 17.7 Å². The summed E-state index contributed by atoms with van der Waals surface area (Å²) in [4.78, 5) is 47.0. The van der Waals surface area contributed by atoms with Crippen LogP contribution in [-0.4, -0.2) is 61.3 Å². The second kappa shape index (κ2) is 5.69. The second-order valence-electron chi connectivity index (χ2n) is 4.46. The van der Waals surface area contributed by atoms with Gasteiger partial charge in [-0.3, -0.25) is 19.7 Å². The third-order valence-corrected chi connectivity index (χ3v) is 3.02. The first-order valence-corrected chi connectivity index (χ1v) is 6.19. The van der Waals surface area contributed by atoms with Crippen molar-refractivity contribution < 1.29 is 24.3 Å². The molecule has 112 valence electrons. The van der Waals surface area contributed by atoms with Gasteiger partial charge in [0.1, 0.15) is 19.1 Å². The number of rotatable bonds is 4. The van der Waals surface area contributed by atoms with E-state index < -0.39 is 29.7 Å². The quantitative estimate of drug-likeness (QED) is 0.628. The van der Waals surface area contributed by atoms with E-state index in [4.69, 9.17) is 5.11 Å². The number of hydrogen-bond acceptors (Lipinski definition) is 6. The third kappa shape index (κ3) is 3.04. The van der Waals surface area contributed by atoms with Crippen molar-refractivity contribution in [1.82, 2.24) is 25.2 Å². The first-order valence-electron chi connectivity index (χ1n) is 6.19. The van der Waals surface area contributed by atoms with E-state index in [9.17, 15) is 19.2 Å². The predicted octanol–water partition coefficient (Wildman–Crippen LogP) is -1.76. The molecule has 1 aromatic heterocycles. The highest BCUT2D eigenvalue weighted by molar-refractivity contribution is 6.04. The first kappa shape index (κ1) is 14.6. The standard InChI is InChI=1S/C11H13N5O5/c1-2-7-10(19)12-8(17)4-16(7)9(18)5-15-3-6(11(20)21)13-14-15/h3,7H,2,4-5H2,1H3,(H,20,21)(H,12,17,19). The summed E-state index contributed by atoms with van der Waals surface area (Å²) in [6, 6.07) is -0.724.